The van der Waals surface area contributed by atoms with Crippen molar-refractivity contribution in [3.05, 3.63) is 33.3 Å². The number of halogens is 2. The van der Waals surface area contributed by atoms with Gasteiger partial charge in [0, 0.05) is 23.0 Å². The lowest BCUT2D eigenvalue weighted by Gasteiger charge is -2.19. The Balaban J connectivity index is 2.36. The lowest BCUT2D eigenvalue weighted by atomic mass is 10.2. The molecule has 0 bridgehead atoms. The van der Waals surface area contributed by atoms with Crippen LogP contribution in [-0.4, -0.2) is 18.2 Å². The Morgan fingerprint density at radius 2 is 2.15 bits per heavy atom. The summed E-state index contributed by atoms with van der Waals surface area (Å²) in [6.45, 7) is 5.93. The van der Waals surface area contributed by atoms with Gasteiger partial charge in [-0.3, -0.25) is 0 Å². The quantitative estimate of drug-likeness (QED) is 0.630. The van der Waals surface area contributed by atoms with Gasteiger partial charge in [0.2, 0.25) is 0 Å². The number of carbonyl (C=O) groups is 1. The van der Waals surface area contributed by atoms with E-state index < -0.39 is 11.7 Å². The molecule has 1 aromatic rings. The highest BCUT2D eigenvalue weighted by atomic mass is 79.9. The summed E-state index contributed by atoms with van der Waals surface area (Å²) in [5, 5.41) is 3.31. The molecule has 0 radical (unpaired) electrons. The molecule has 0 spiro atoms. The Bertz CT molecular complexity index is 541. The van der Waals surface area contributed by atoms with Gasteiger partial charge < -0.3 is 10.1 Å². The number of hydrogen-bond donors (Lipinski definition) is 1. The van der Waals surface area contributed by atoms with E-state index in [1.165, 1.54) is 0 Å². The molecule has 0 fully saturated rings. The Morgan fingerprint density at radius 1 is 1.45 bits per heavy atom. The Hall–Kier alpha value is -1.18. The van der Waals surface area contributed by atoms with Crippen LogP contribution < -0.4 is 5.32 Å². The van der Waals surface area contributed by atoms with Gasteiger partial charge in [0.1, 0.15) is 5.60 Å². The molecule has 0 heterocycles. The smallest absolute Gasteiger partial charge is 0.407 e. The van der Waals surface area contributed by atoms with Crippen molar-refractivity contribution in [1.29, 1.82) is 0 Å². The van der Waals surface area contributed by atoms with Gasteiger partial charge in [-0.15, -0.1) is 0 Å². The normalized spacial score (nSPS) is 10.4. The minimum absolute atomic E-state index is 0.423. The molecular weight excluding hydrogens is 342 g/mol. The third-order valence-electron chi connectivity index (χ3n) is 2.07. The molecule has 0 unspecified atom stereocenters. The van der Waals surface area contributed by atoms with Crippen molar-refractivity contribution in [3.8, 4) is 11.8 Å². The van der Waals surface area contributed by atoms with Crippen molar-refractivity contribution in [2.24, 2.45) is 0 Å². The number of ether oxygens (including phenoxy) is 1. The number of alkyl carbamates (subject to hydrolysis) is 1. The molecule has 1 rings (SSSR count). The Kier molecular flexibility index (Phi) is 6.38. The van der Waals surface area contributed by atoms with Crippen molar-refractivity contribution >= 4 is 33.6 Å². The van der Waals surface area contributed by atoms with Crippen LogP contribution in [0.5, 0.6) is 0 Å². The SMILES string of the molecule is CC(C)(C)OC(=O)NCCC#Cc1ccc(Cl)c(Br)c1. The maximum absolute atomic E-state index is 11.4. The number of amides is 1. The molecule has 1 aromatic carbocycles. The molecular formula is C15H17BrClNO2. The van der Waals surface area contributed by atoms with Crippen LogP contribution in [0.4, 0.5) is 4.79 Å². The lowest BCUT2D eigenvalue weighted by molar-refractivity contribution is 0.0529. The van der Waals surface area contributed by atoms with Gasteiger partial charge in [-0.2, -0.15) is 0 Å². The molecule has 0 atom stereocenters. The first-order chi connectivity index (χ1) is 9.28. The first-order valence-electron chi connectivity index (χ1n) is 6.19. The maximum Gasteiger partial charge on any atom is 0.407 e. The summed E-state index contributed by atoms with van der Waals surface area (Å²) in [5.74, 6) is 5.99. The van der Waals surface area contributed by atoms with Crippen molar-refractivity contribution < 1.29 is 9.53 Å². The minimum atomic E-state index is -0.481. The molecule has 0 aliphatic rings. The summed E-state index contributed by atoms with van der Waals surface area (Å²) >= 11 is 9.24. The van der Waals surface area contributed by atoms with Gasteiger partial charge in [-0.1, -0.05) is 23.4 Å². The van der Waals surface area contributed by atoms with E-state index in [0.29, 0.717) is 18.0 Å². The first-order valence-corrected chi connectivity index (χ1v) is 7.36. The van der Waals surface area contributed by atoms with Crippen LogP contribution in [0.1, 0.15) is 32.8 Å². The van der Waals surface area contributed by atoms with Gasteiger partial charge in [-0.25, -0.2) is 4.79 Å². The Morgan fingerprint density at radius 3 is 2.75 bits per heavy atom. The standard InChI is InChI=1S/C15H17BrClNO2/c1-15(2,3)20-14(19)18-9-5-4-6-11-7-8-13(17)12(16)10-11/h7-8,10H,5,9H2,1-3H3,(H,18,19). The summed E-state index contributed by atoms with van der Waals surface area (Å²) in [4.78, 5) is 11.4. The predicted molar refractivity (Wildman–Crippen MR) is 84.9 cm³/mol. The zero-order valence-electron chi connectivity index (χ0n) is 11.7. The van der Waals surface area contributed by atoms with Crippen LogP contribution in [0.15, 0.2) is 22.7 Å². The van der Waals surface area contributed by atoms with Crippen LogP contribution in [-0.2, 0) is 4.74 Å². The van der Waals surface area contributed by atoms with E-state index in [1.807, 2.05) is 32.9 Å². The van der Waals surface area contributed by atoms with Gasteiger partial charge in [0.25, 0.3) is 0 Å². The van der Waals surface area contributed by atoms with Gasteiger partial charge in [-0.05, 0) is 54.9 Å². The first kappa shape index (κ1) is 16.9. The molecule has 0 saturated carbocycles. The van der Waals surface area contributed by atoms with E-state index in [1.54, 1.807) is 6.07 Å². The zero-order valence-corrected chi connectivity index (χ0v) is 14.1. The van der Waals surface area contributed by atoms with E-state index in [4.69, 9.17) is 16.3 Å². The van der Waals surface area contributed by atoms with E-state index in [-0.39, 0.29) is 0 Å². The van der Waals surface area contributed by atoms with Crippen LogP contribution >= 0.6 is 27.5 Å². The van der Waals surface area contributed by atoms with E-state index in [9.17, 15) is 4.79 Å². The number of carbonyl (C=O) groups excluding carboxylic acids is 1. The largest absolute Gasteiger partial charge is 0.444 e. The van der Waals surface area contributed by atoms with E-state index in [2.05, 4.69) is 33.1 Å². The predicted octanol–water partition coefficient (Wildman–Crippen LogP) is 4.37. The van der Waals surface area contributed by atoms with Crippen molar-refractivity contribution in [2.75, 3.05) is 6.54 Å². The van der Waals surface area contributed by atoms with E-state index >= 15 is 0 Å². The second kappa shape index (κ2) is 7.56. The van der Waals surface area contributed by atoms with Crippen molar-refractivity contribution in [2.45, 2.75) is 32.8 Å². The summed E-state index contributed by atoms with van der Waals surface area (Å²) in [6.07, 6.45) is 0.132. The molecule has 108 valence electrons. The molecule has 20 heavy (non-hydrogen) atoms. The third kappa shape index (κ3) is 6.83. The maximum atomic E-state index is 11.4. The van der Waals surface area contributed by atoms with Crippen LogP contribution in [0.3, 0.4) is 0 Å². The second-order valence-corrected chi connectivity index (χ2v) is 6.37. The van der Waals surface area contributed by atoms with Gasteiger partial charge >= 0.3 is 6.09 Å². The van der Waals surface area contributed by atoms with E-state index in [0.717, 1.165) is 10.0 Å². The van der Waals surface area contributed by atoms with Gasteiger partial charge in [0.15, 0.2) is 0 Å². The molecule has 0 aliphatic carbocycles. The molecule has 0 aliphatic heterocycles. The minimum Gasteiger partial charge on any atom is -0.444 e. The summed E-state index contributed by atoms with van der Waals surface area (Å²) in [6, 6.07) is 5.49. The van der Waals surface area contributed by atoms with Crippen LogP contribution in [0.25, 0.3) is 0 Å². The monoisotopic (exact) mass is 357 g/mol. The summed E-state index contributed by atoms with van der Waals surface area (Å²) < 4.78 is 5.93. The Labute approximate surface area is 133 Å². The van der Waals surface area contributed by atoms with Crippen LogP contribution in [0, 0.1) is 11.8 Å². The fourth-order valence-corrected chi connectivity index (χ4v) is 1.78. The molecule has 0 saturated heterocycles. The average molecular weight is 359 g/mol. The molecule has 0 aromatic heterocycles. The fourth-order valence-electron chi connectivity index (χ4n) is 1.28. The average Bonchev–Trinajstić information content (AvgIpc) is 2.31. The number of nitrogens with one attached hydrogen (secondary N) is 1. The van der Waals surface area contributed by atoms with Crippen molar-refractivity contribution in [1.82, 2.24) is 5.32 Å². The lowest BCUT2D eigenvalue weighted by Crippen LogP contribution is -2.32. The highest BCUT2D eigenvalue weighted by Gasteiger charge is 2.15. The molecule has 5 heteroatoms. The summed E-state index contributed by atoms with van der Waals surface area (Å²) in [5.41, 5.74) is 0.393. The number of benzene rings is 1. The fraction of sp³-hybridized carbons (Fsp3) is 0.400. The van der Waals surface area contributed by atoms with Gasteiger partial charge in [0.05, 0.1) is 5.02 Å². The van der Waals surface area contributed by atoms with Crippen LogP contribution in [0.2, 0.25) is 5.02 Å². The highest BCUT2D eigenvalue weighted by Crippen LogP contribution is 2.22. The van der Waals surface area contributed by atoms with Crippen molar-refractivity contribution in [3.63, 3.8) is 0 Å². The number of hydrogen-bond acceptors (Lipinski definition) is 2. The molecule has 1 N–H and O–H groups in total. The number of rotatable bonds is 2. The topological polar surface area (TPSA) is 38.3 Å². The second-order valence-electron chi connectivity index (χ2n) is 5.11. The molecule has 1 amide bonds. The summed E-state index contributed by atoms with van der Waals surface area (Å²) in [7, 11) is 0. The zero-order chi connectivity index (χ0) is 15.2. The third-order valence-corrected chi connectivity index (χ3v) is 3.28. The highest BCUT2D eigenvalue weighted by molar-refractivity contribution is 9.10. The molecule has 3 nitrogen and oxygen atoms in total.